The van der Waals surface area contributed by atoms with Crippen LogP contribution in [0.4, 0.5) is 0 Å². The normalized spacial score (nSPS) is 17.0. The van der Waals surface area contributed by atoms with Crippen molar-refractivity contribution in [3.05, 3.63) is 30.1 Å². The Hall–Kier alpha value is -1.91. The summed E-state index contributed by atoms with van der Waals surface area (Å²) in [5, 5.41) is 2.72. The second kappa shape index (κ2) is 7.76. The summed E-state index contributed by atoms with van der Waals surface area (Å²) in [5.74, 6) is -0.628. The molecule has 0 saturated heterocycles. The van der Waals surface area contributed by atoms with Gasteiger partial charge in [0, 0.05) is 12.4 Å². The van der Waals surface area contributed by atoms with E-state index in [-0.39, 0.29) is 18.0 Å². The molecule has 1 N–H and O–H groups in total. The zero-order valence-corrected chi connectivity index (χ0v) is 12.4. The highest BCUT2D eigenvalue weighted by Crippen LogP contribution is 2.20. The van der Waals surface area contributed by atoms with Gasteiger partial charge < -0.3 is 10.1 Å². The Morgan fingerprint density at radius 3 is 2.76 bits per heavy atom. The molecule has 1 fully saturated rings. The highest BCUT2D eigenvalue weighted by atomic mass is 16.5. The van der Waals surface area contributed by atoms with Gasteiger partial charge in [0.05, 0.1) is 5.56 Å². The molecule has 0 bridgehead atoms. The van der Waals surface area contributed by atoms with Crippen LogP contribution in [0.1, 0.15) is 55.8 Å². The van der Waals surface area contributed by atoms with Crippen molar-refractivity contribution in [1.29, 1.82) is 0 Å². The molecule has 114 valence electrons. The molecular weight excluding hydrogens is 268 g/mol. The minimum Gasteiger partial charge on any atom is -0.461 e. The van der Waals surface area contributed by atoms with E-state index in [0.717, 1.165) is 25.7 Å². The quantitative estimate of drug-likeness (QED) is 0.846. The summed E-state index contributed by atoms with van der Waals surface area (Å²) < 4.78 is 5.51. The molecule has 1 aromatic heterocycles. The Morgan fingerprint density at radius 1 is 1.38 bits per heavy atom. The smallest absolute Gasteiger partial charge is 0.328 e. The van der Waals surface area contributed by atoms with Crippen LogP contribution in [0, 0.1) is 0 Å². The lowest BCUT2D eigenvalue weighted by molar-refractivity contribution is -0.152. The molecule has 0 aromatic carbocycles. The molecule has 1 heterocycles. The van der Waals surface area contributed by atoms with E-state index in [9.17, 15) is 9.59 Å². The van der Waals surface area contributed by atoms with E-state index in [2.05, 4.69) is 10.3 Å². The van der Waals surface area contributed by atoms with Gasteiger partial charge in [-0.3, -0.25) is 9.78 Å². The van der Waals surface area contributed by atoms with Gasteiger partial charge >= 0.3 is 5.97 Å². The predicted molar refractivity (Wildman–Crippen MR) is 78.7 cm³/mol. The van der Waals surface area contributed by atoms with Crippen LogP contribution >= 0.6 is 0 Å². The van der Waals surface area contributed by atoms with Gasteiger partial charge in [-0.1, -0.05) is 13.3 Å². The highest BCUT2D eigenvalue weighted by Gasteiger charge is 2.25. The van der Waals surface area contributed by atoms with Gasteiger partial charge in [0.25, 0.3) is 5.91 Å². The number of esters is 1. The molecule has 1 amide bonds. The average molecular weight is 290 g/mol. The van der Waals surface area contributed by atoms with Crippen molar-refractivity contribution in [1.82, 2.24) is 10.3 Å². The van der Waals surface area contributed by atoms with E-state index in [1.54, 1.807) is 18.3 Å². The van der Waals surface area contributed by atoms with Gasteiger partial charge in [-0.25, -0.2) is 4.79 Å². The average Bonchev–Trinajstić information content (AvgIpc) is 2.54. The topological polar surface area (TPSA) is 68.3 Å². The van der Waals surface area contributed by atoms with Crippen molar-refractivity contribution in [3.63, 3.8) is 0 Å². The number of nitrogens with zero attached hydrogens (tertiary/aromatic N) is 1. The number of aromatic nitrogens is 1. The summed E-state index contributed by atoms with van der Waals surface area (Å²) in [7, 11) is 0. The van der Waals surface area contributed by atoms with E-state index in [0.29, 0.717) is 12.0 Å². The van der Waals surface area contributed by atoms with Gasteiger partial charge in [-0.15, -0.1) is 0 Å². The van der Waals surface area contributed by atoms with Gasteiger partial charge in [-0.2, -0.15) is 0 Å². The Bertz CT molecular complexity index is 470. The molecule has 0 aliphatic heterocycles. The second-order valence-corrected chi connectivity index (χ2v) is 5.37. The van der Waals surface area contributed by atoms with Crippen LogP contribution in [0.15, 0.2) is 24.5 Å². The first-order valence-electron chi connectivity index (χ1n) is 7.62. The molecular formula is C16H22N2O3. The Balaban J connectivity index is 1.89. The summed E-state index contributed by atoms with van der Waals surface area (Å²) in [6.07, 6.45) is 8.89. The number of hydrogen-bond acceptors (Lipinski definition) is 4. The largest absolute Gasteiger partial charge is 0.461 e. The summed E-state index contributed by atoms with van der Waals surface area (Å²) >= 11 is 0. The third kappa shape index (κ3) is 4.55. The first kappa shape index (κ1) is 15.5. The third-order valence-electron chi connectivity index (χ3n) is 3.76. The van der Waals surface area contributed by atoms with E-state index in [1.165, 1.54) is 12.6 Å². The molecule has 1 aliphatic rings. The van der Waals surface area contributed by atoms with E-state index >= 15 is 0 Å². The molecule has 0 spiro atoms. The van der Waals surface area contributed by atoms with Crippen molar-refractivity contribution < 1.29 is 14.3 Å². The summed E-state index contributed by atoms with van der Waals surface area (Å²) in [4.78, 5) is 28.1. The number of pyridine rings is 1. The minimum atomic E-state index is -0.598. The maximum Gasteiger partial charge on any atom is 0.328 e. The molecule has 1 saturated carbocycles. The van der Waals surface area contributed by atoms with Crippen LogP contribution in [0.25, 0.3) is 0 Å². The standard InChI is InChI=1S/C16H22N2O3/c1-2-14(16(20)21-13-8-4-3-5-9-13)18-15(19)12-7-6-10-17-11-12/h6-7,10-11,13-14H,2-5,8-9H2,1H3,(H,18,19). The molecule has 1 aromatic rings. The van der Waals surface area contributed by atoms with Crippen molar-refractivity contribution in [2.75, 3.05) is 0 Å². The van der Waals surface area contributed by atoms with Gasteiger partial charge in [0.15, 0.2) is 0 Å². The van der Waals surface area contributed by atoms with E-state index < -0.39 is 6.04 Å². The highest BCUT2D eigenvalue weighted by molar-refractivity contribution is 5.96. The zero-order chi connectivity index (χ0) is 15.1. The van der Waals surface area contributed by atoms with Gasteiger partial charge in [0.2, 0.25) is 0 Å². The fraction of sp³-hybridized carbons (Fsp3) is 0.562. The van der Waals surface area contributed by atoms with Crippen molar-refractivity contribution in [2.24, 2.45) is 0 Å². The SMILES string of the molecule is CCC(NC(=O)c1cccnc1)C(=O)OC1CCCCC1. The first-order chi connectivity index (χ1) is 10.2. The van der Waals surface area contributed by atoms with Crippen LogP contribution in [-0.4, -0.2) is 29.0 Å². The Labute approximate surface area is 125 Å². The fourth-order valence-electron chi connectivity index (χ4n) is 2.50. The summed E-state index contributed by atoms with van der Waals surface area (Å²) in [6, 6.07) is 2.76. The van der Waals surface area contributed by atoms with Gasteiger partial charge in [-0.05, 0) is 44.2 Å². The molecule has 2 rings (SSSR count). The van der Waals surface area contributed by atoms with Crippen LogP contribution in [0.5, 0.6) is 0 Å². The molecule has 1 atom stereocenters. The Kier molecular flexibility index (Phi) is 5.72. The minimum absolute atomic E-state index is 0.00981. The van der Waals surface area contributed by atoms with E-state index in [4.69, 9.17) is 4.74 Å². The summed E-state index contributed by atoms with van der Waals surface area (Å²) in [5.41, 5.74) is 0.446. The van der Waals surface area contributed by atoms with Gasteiger partial charge in [0.1, 0.15) is 12.1 Å². The second-order valence-electron chi connectivity index (χ2n) is 5.37. The maximum absolute atomic E-state index is 12.2. The predicted octanol–water partition coefficient (Wildman–Crippen LogP) is 2.47. The number of carbonyl (C=O) groups excluding carboxylic acids is 2. The number of amides is 1. The van der Waals surface area contributed by atoms with E-state index in [1.807, 2.05) is 6.92 Å². The summed E-state index contributed by atoms with van der Waals surface area (Å²) in [6.45, 7) is 1.86. The van der Waals surface area contributed by atoms with Crippen LogP contribution < -0.4 is 5.32 Å². The van der Waals surface area contributed by atoms with Crippen LogP contribution in [-0.2, 0) is 9.53 Å². The van der Waals surface area contributed by atoms with Crippen LogP contribution in [0.2, 0.25) is 0 Å². The maximum atomic E-state index is 12.2. The van der Waals surface area contributed by atoms with Crippen LogP contribution in [0.3, 0.4) is 0 Å². The van der Waals surface area contributed by atoms with Crippen molar-refractivity contribution in [2.45, 2.75) is 57.6 Å². The number of hydrogen-bond donors (Lipinski definition) is 1. The first-order valence-corrected chi connectivity index (χ1v) is 7.62. The van der Waals surface area contributed by atoms with Crippen molar-refractivity contribution in [3.8, 4) is 0 Å². The molecule has 5 nitrogen and oxygen atoms in total. The monoisotopic (exact) mass is 290 g/mol. The van der Waals surface area contributed by atoms with Crippen molar-refractivity contribution >= 4 is 11.9 Å². The lowest BCUT2D eigenvalue weighted by atomic mass is 9.98. The number of carbonyl (C=O) groups is 2. The molecule has 21 heavy (non-hydrogen) atoms. The molecule has 1 aliphatic carbocycles. The molecule has 1 unspecified atom stereocenters. The number of ether oxygens (including phenoxy) is 1. The zero-order valence-electron chi connectivity index (χ0n) is 12.4. The lowest BCUT2D eigenvalue weighted by Gasteiger charge is -2.24. The third-order valence-corrected chi connectivity index (χ3v) is 3.76. The lowest BCUT2D eigenvalue weighted by Crippen LogP contribution is -2.42. The molecule has 5 heteroatoms. The Morgan fingerprint density at radius 2 is 2.14 bits per heavy atom. The fourth-order valence-corrected chi connectivity index (χ4v) is 2.50. The number of rotatable bonds is 5. The molecule has 0 radical (unpaired) electrons. The number of nitrogens with one attached hydrogen (secondary N) is 1.